The van der Waals surface area contributed by atoms with Crippen LogP contribution in [0.25, 0.3) is 0 Å². The molecule has 1 aliphatic carbocycles. The molecule has 1 aromatic carbocycles. The molecule has 0 atom stereocenters. The Kier molecular flexibility index (Phi) is 5.96. The zero-order valence-corrected chi connectivity index (χ0v) is 12.0. The van der Waals surface area contributed by atoms with Crippen LogP contribution in [-0.2, 0) is 0 Å². The van der Waals surface area contributed by atoms with Crippen molar-refractivity contribution in [1.82, 2.24) is 0 Å². The third-order valence-electron chi connectivity index (χ3n) is 3.33. The predicted octanol–water partition coefficient (Wildman–Crippen LogP) is 3.11. The van der Waals surface area contributed by atoms with Crippen LogP contribution in [0.2, 0.25) is 0 Å². The van der Waals surface area contributed by atoms with E-state index in [1.54, 1.807) is 13.2 Å². The molecule has 0 aliphatic heterocycles. The molecule has 0 radical (unpaired) electrons. The van der Waals surface area contributed by atoms with Gasteiger partial charge in [0.25, 0.3) is 0 Å². The minimum atomic E-state index is 0. The Morgan fingerprint density at radius 2 is 1.95 bits per heavy atom. The summed E-state index contributed by atoms with van der Waals surface area (Å²) in [5.41, 5.74) is 6.20. The lowest BCUT2D eigenvalue weighted by molar-refractivity contribution is 0.149. The number of amidine groups is 1. The van der Waals surface area contributed by atoms with Crippen LogP contribution < -0.4 is 15.2 Å². The average Bonchev–Trinajstić information content (AvgIpc) is 2.40. The van der Waals surface area contributed by atoms with Crippen molar-refractivity contribution in [1.29, 1.82) is 5.41 Å². The van der Waals surface area contributed by atoms with Gasteiger partial charge in [-0.25, -0.2) is 0 Å². The van der Waals surface area contributed by atoms with Crippen molar-refractivity contribution in [2.45, 2.75) is 38.2 Å². The van der Waals surface area contributed by atoms with Crippen LogP contribution >= 0.6 is 12.4 Å². The second-order valence-electron chi connectivity index (χ2n) is 4.63. The summed E-state index contributed by atoms with van der Waals surface area (Å²) in [6.07, 6.45) is 6.04. The Balaban J connectivity index is 0.00000180. The summed E-state index contributed by atoms with van der Waals surface area (Å²) in [5.74, 6) is 1.27. The van der Waals surface area contributed by atoms with Crippen molar-refractivity contribution in [3.63, 3.8) is 0 Å². The van der Waals surface area contributed by atoms with Crippen molar-refractivity contribution in [3.05, 3.63) is 23.8 Å². The van der Waals surface area contributed by atoms with Crippen molar-refractivity contribution < 1.29 is 9.47 Å². The van der Waals surface area contributed by atoms with Crippen molar-refractivity contribution >= 4 is 18.2 Å². The van der Waals surface area contributed by atoms with Crippen molar-refractivity contribution in [2.75, 3.05) is 7.11 Å². The first-order chi connectivity index (χ1) is 8.72. The second-order valence-corrected chi connectivity index (χ2v) is 4.63. The summed E-state index contributed by atoms with van der Waals surface area (Å²) >= 11 is 0. The van der Waals surface area contributed by atoms with E-state index in [1.165, 1.54) is 19.3 Å². The molecule has 0 heterocycles. The molecular weight excluding hydrogens is 264 g/mol. The van der Waals surface area contributed by atoms with E-state index in [-0.39, 0.29) is 24.3 Å². The maximum Gasteiger partial charge on any atom is 0.172 e. The van der Waals surface area contributed by atoms with Crippen LogP contribution in [0.5, 0.6) is 11.5 Å². The number of para-hydroxylation sites is 1. The van der Waals surface area contributed by atoms with Gasteiger partial charge in [-0.05, 0) is 37.8 Å². The van der Waals surface area contributed by atoms with Crippen LogP contribution in [0.15, 0.2) is 18.2 Å². The quantitative estimate of drug-likeness (QED) is 0.659. The molecule has 0 spiro atoms. The highest BCUT2D eigenvalue weighted by Gasteiger charge is 2.20. The fourth-order valence-electron chi connectivity index (χ4n) is 2.36. The van der Waals surface area contributed by atoms with E-state index in [1.807, 2.05) is 12.1 Å². The Bertz CT molecular complexity index is 431. The van der Waals surface area contributed by atoms with Gasteiger partial charge in [-0.15, -0.1) is 12.4 Å². The zero-order valence-electron chi connectivity index (χ0n) is 11.1. The summed E-state index contributed by atoms with van der Waals surface area (Å²) in [6, 6.07) is 5.46. The fraction of sp³-hybridized carbons (Fsp3) is 0.500. The van der Waals surface area contributed by atoms with Crippen LogP contribution in [0.1, 0.15) is 37.7 Å². The van der Waals surface area contributed by atoms with E-state index in [9.17, 15) is 0 Å². The normalized spacial score (nSPS) is 15.4. The predicted molar refractivity (Wildman–Crippen MR) is 78.8 cm³/mol. The molecule has 1 fully saturated rings. The number of benzene rings is 1. The van der Waals surface area contributed by atoms with Crippen molar-refractivity contribution in [2.24, 2.45) is 5.73 Å². The van der Waals surface area contributed by atoms with Gasteiger partial charge in [-0.3, -0.25) is 5.41 Å². The number of methoxy groups -OCH3 is 1. The molecular formula is C14H21ClN2O2. The Morgan fingerprint density at radius 1 is 1.26 bits per heavy atom. The number of halogens is 1. The Hall–Kier alpha value is -1.42. The van der Waals surface area contributed by atoms with Gasteiger partial charge < -0.3 is 15.2 Å². The number of nitrogens with one attached hydrogen (secondary N) is 1. The maximum atomic E-state index is 7.61. The van der Waals surface area contributed by atoms with Gasteiger partial charge in [0.05, 0.1) is 18.8 Å². The molecule has 19 heavy (non-hydrogen) atoms. The standard InChI is InChI=1S/C14H20N2O2.ClH/c1-17-12-9-5-8-11(14(15)16)13(12)18-10-6-3-2-4-7-10;/h5,8-10H,2-4,6-7H2,1H3,(H3,15,16);1H. The summed E-state index contributed by atoms with van der Waals surface area (Å²) in [5, 5.41) is 7.61. The van der Waals surface area contributed by atoms with Gasteiger partial charge in [0, 0.05) is 0 Å². The van der Waals surface area contributed by atoms with E-state index in [2.05, 4.69) is 0 Å². The smallest absolute Gasteiger partial charge is 0.172 e. The lowest BCUT2D eigenvalue weighted by atomic mass is 9.97. The molecule has 2 rings (SSSR count). The minimum absolute atomic E-state index is 0. The van der Waals surface area contributed by atoms with E-state index in [0.29, 0.717) is 17.1 Å². The van der Waals surface area contributed by atoms with E-state index in [4.69, 9.17) is 20.6 Å². The number of ether oxygens (including phenoxy) is 2. The zero-order chi connectivity index (χ0) is 13.0. The SMILES string of the molecule is COc1cccc(C(=N)N)c1OC1CCCCC1.Cl. The van der Waals surface area contributed by atoms with Gasteiger partial charge in [-0.2, -0.15) is 0 Å². The van der Waals surface area contributed by atoms with Gasteiger partial charge >= 0.3 is 0 Å². The third-order valence-corrected chi connectivity index (χ3v) is 3.33. The van der Waals surface area contributed by atoms with Gasteiger partial charge in [0.15, 0.2) is 11.5 Å². The molecule has 0 bridgehead atoms. The molecule has 5 heteroatoms. The third kappa shape index (κ3) is 3.77. The first-order valence-corrected chi connectivity index (χ1v) is 6.40. The minimum Gasteiger partial charge on any atom is -0.493 e. The molecule has 0 unspecified atom stereocenters. The van der Waals surface area contributed by atoms with Crippen LogP contribution in [0, 0.1) is 5.41 Å². The highest BCUT2D eigenvalue weighted by atomic mass is 35.5. The Morgan fingerprint density at radius 3 is 2.53 bits per heavy atom. The molecule has 0 amide bonds. The first kappa shape index (κ1) is 15.6. The summed E-state index contributed by atoms with van der Waals surface area (Å²) in [7, 11) is 1.60. The largest absolute Gasteiger partial charge is 0.493 e. The number of hydrogen-bond donors (Lipinski definition) is 2. The molecule has 1 aliphatic rings. The van der Waals surface area contributed by atoms with E-state index in [0.717, 1.165) is 12.8 Å². The number of nitrogen functional groups attached to an aromatic ring is 1. The average molecular weight is 285 g/mol. The fourth-order valence-corrected chi connectivity index (χ4v) is 2.36. The molecule has 1 aromatic rings. The molecule has 106 valence electrons. The maximum absolute atomic E-state index is 7.61. The lowest BCUT2D eigenvalue weighted by Crippen LogP contribution is -2.22. The van der Waals surface area contributed by atoms with Crippen molar-refractivity contribution in [3.8, 4) is 11.5 Å². The Labute approximate surface area is 120 Å². The van der Waals surface area contributed by atoms with E-state index >= 15 is 0 Å². The molecule has 0 saturated heterocycles. The summed E-state index contributed by atoms with van der Waals surface area (Å²) in [4.78, 5) is 0. The van der Waals surface area contributed by atoms with Crippen LogP contribution in [0.3, 0.4) is 0 Å². The lowest BCUT2D eigenvalue weighted by Gasteiger charge is -2.25. The number of nitrogens with two attached hydrogens (primary N) is 1. The van der Waals surface area contributed by atoms with Crippen LogP contribution in [0.4, 0.5) is 0 Å². The number of rotatable bonds is 4. The van der Waals surface area contributed by atoms with Crippen LogP contribution in [-0.4, -0.2) is 19.0 Å². The van der Waals surface area contributed by atoms with Gasteiger partial charge in [0.1, 0.15) is 5.84 Å². The summed E-state index contributed by atoms with van der Waals surface area (Å²) in [6.45, 7) is 0. The first-order valence-electron chi connectivity index (χ1n) is 6.40. The molecule has 4 nitrogen and oxygen atoms in total. The second kappa shape index (κ2) is 7.24. The molecule has 3 N–H and O–H groups in total. The van der Waals surface area contributed by atoms with Gasteiger partial charge in [0.2, 0.25) is 0 Å². The van der Waals surface area contributed by atoms with Gasteiger partial charge in [-0.1, -0.05) is 12.5 Å². The van der Waals surface area contributed by atoms with E-state index < -0.39 is 0 Å². The molecule has 0 aromatic heterocycles. The summed E-state index contributed by atoms with van der Waals surface area (Å²) < 4.78 is 11.3. The highest BCUT2D eigenvalue weighted by Crippen LogP contribution is 2.34. The number of hydrogen-bond acceptors (Lipinski definition) is 3. The monoisotopic (exact) mass is 284 g/mol. The highest BCUT2D eigenvalue weighted by molar-refractivity contribution is 5.98. The topological polar surface area (TPSA) is 68.3 Å². The molecule has 1 saturated carbocycles.